The van der Waals surface area contributed by atoms with E-state index in [-0.39, 0.29) is 18.1 Å². The highest BCUT2D eigenvalue weighted by molar-refractivity contribution is 5.83. The lowest BCUT2D eigenvalue weighted by atomic mass is 10.0. The van der Waals surface area contributed by atoms with Crippen LogP contribution >= 0.6 is 0 Å². The molecule has 1 unspecified atom stereocenters. The number of phenols is 1. The number of benzene rings is 1. The maximum absolute atomic E-state index is 12.1. The number of carboxylic acids is 1. The van der Waals surface area contributed by atoms with Gasteiger partial charge in [0.15, 0.2) is 0 Å². The lowest BCUT2D eigenvalue weighted by Crippen LogP contribution is -2.42. The average Bonchev–Trinajstić information content (AvgIpc) is 2.77. The van der Waals surface area contributed by atoms with Crippen LogP contribution in [0.15, 0.2) is 48.6 Å². The molecule has 1 aromatic carbocycles. The Morgan fingerprint density at radius 1 is 0.875 bits per heavy atom. The number of amides is 1. The van der Waals surface area contributed by atoms with Crippen LogP contribution in [0.1, 0.15) is 89.5 Å². The van der Waals surface area contributed by atoms with Crippen molar-refractivity contribution in [3.8, 4) is 5.75 Å². The SMILES string of the molecule is CCCCC/C=C\C/C=C\CCCCCCCC(=O)NC(Cc1ccc(O)cc1)C(=O)O. The van der Waals surface area contributed by atoms with Gasteiger partial charge in [0.2, 0.25) is 5.91 Å². The fourth-order valence-corrected chi connectivity index (χ4v) is 3.43. The van der Waals surface area contributed by atoms with E-state index in [2.05, 4.69) is 36.5 Å². The molecular weight excluding hydrogens is 402 g/mol. The summed E-state index contributed by atoms with van der Waals surface area (Å²) in [5, 5.41) is 21.3. The smallest absolute Gasteiger partial charge is 0.326 e. The predicted octanol–water partition coefficient (Wildman–Crippen LogP) is 6.32. The van der Waals surface area contributed by atoms with Crippen LogP contribution in [0.25, 0.3) is 0 Å². The minimum absolute atomic E-state index is 0.131. The number of phenolic OH excluding ortho intramolecular Hbond substituents is 1. The molecule has 32 heavy (non-hydrogen) atoms. The Hall–Kier alpha value is -2.56. The minimum atomic E-state index is -1.05. The minimum Gasteiger partial charge on any atom is -0.508 e. The van der Waals surface area contributed by atoms with Crippen molar-refractivity contribution in [1.82, 2.24) is 5.32 Å². The van der Waals surface area contributed by atoms with Crippen LogP contribution in [-0.4, -0.2) is 28.1 Å². The highest BCUT2D eigenvalue weighted by atomic mass is 16.4. The molecule has 0 fully saturated rings. The Kier molecular flexibility index (Phi) is 15.5. The number of rotatable bonds is 18. The van der Waals surface area contributed by atoms with Gasteiger partial charge in [-0.15, -0.1) is 0 Å². The molecule has 1 aromatic rings. The first-order valence-electron chi connectivity index (χ1n) is 12.1. The molecule has 1 rings (SSSR count). The zero-order valence-electron chi connectivity index (χ0n) is 19.6. The Labute approximate surface area is 193 Å². The summed E-state index contributed by atoms with van der Waals surface area (Å²) in [7, 11) is 0. The lowest BCUT2D eigenvalue weighted by molar-refractivity contribution is -0.141. The number of unbranched alkanes of at least 4 members (excludes halogenated alkanes) is 8. The molecular formula is C27H41NO4. The van der Waals surface area contributed by atoms with E-state index in [0.717, 1.165) is 50.5 Å². The summed E-state index contributed by atoms with van der Waals surface area (Å²) in [4.78, 5) is 23.6. The lowest BCUT2D eigenvalue weighted by Gasteiger charge is -2.14. The zero-order valence-corrected chi connectivity index (χ0v) is 19.6. The molecule has 0 aliphatic heterocycles. The van der Waals surface area contributed by atoms with Crippen LogP contribution in [0.4, 0.5) is 0 Å². The molecule has 0 aliphatic rings. The highest BCUT2D eigenvalue weighted by Gasteiger charge is 2.20. The molecule has 0 saturated heterocycles. The maximum atomic E-state index is 12.1. The van der Waals surface area contributed by atoms with Crippen LogP contribution in [-0.2, 0) is 16.0 Å². The number of carbonyl (C=O) groups excluding carboxylic acids is 1. The van der Waals surface area contributed by atoms with Crippen LogP contribution in [0, 0.1) is 0 Å². The van der Waals surface area contributed by atoms with Crippen LogP contribution in [0.2, 0.25) is 0 Å². The second-order valence-electron chi connectivity index (χ2n) is 8.31. The van der Waals surface area contributed by atoms with Crippen molar-refractivity contribution in [2.75, 3.05) is 0 Å². The Balaban J connectivity index is 2.07. The van der Waals surface area contributed by atoms with Crippen molar-refractivity contribution in [2.24, 2.45) is 0 Å². The van der Waals surface area contributed by atoms with Gasteiger partial charge in [-0.25, -0.2) is 4.79 Å². The molecule has 0 saturated carbocycles. The monoisotopic (exact) mass is 443 g/mol. The molecule has 0 bridgehead atoms. The Morgan fingerprint density at radius 3 is 2.09 bits per heavy atom. The van der Waals surface area contributed by atoms with Gasteiger partial charge in [-0.05, 0) is 56.2 Å². The van der Waals surface area contributed by atoms with Crippen molar-refractivity contribution < 1.29 is 19.8 Å². The molecule has 1 atom stereocenters. The van der Waals surface area contributed by atoms with Gasteiger partial charge in [-0.1, -0.05) is 75.5 Å². The molecule has 0 aromatic heterocycles. The van der Waals surface area contributed by atoms with Crippen LogP contribution in [0.3, 0.4) is 0 Å². The standard InChI is InChI=1S/C27H41NO4/c1-2-3-4-5-6-7-8-9-10-11-12-13-14-15-16-17-26(30)28-25(27(31)32)22-23-18-20-24(29)21-19-23/h6-7,9-10,18-21,25,29H,2-5,8,11-17,22H2,1H3,(H,28,30)(H,31,32)/b7-6-,10-9-. The van der Waals surface area contributed by atoms with Gasteiger partial charge in [0.1, 0.15) is 11.8 Å². The van der Waals surface area contributed by atoms with Crippen molar-refractivity contribution in [3.63, 3.8) is 0 Å². The fraction of sp³-hybridized carbons (Fsp3) is 0.556. The summed E-state index contributed by atoms with van der Waals surface area (Å²) in [5.41, 5.74) is 0.757. The third kappa shape index (κ3) is 14.4. The first-order chi connectivity index (χ1) is 15.5. The summed E-state index contributed by atoms with van der Waals surface area (Å²) in [6.45, 7) is 2.22. The summed E-state index contributed by atoms with van der Waals surface area (Å²) >= 11 is 0. The number of carboxylic acid groups (broad SMARTS) is 1. The van der Waals surface area contributed by atoms with E-state index >= 15 is 0 Å². The fourth-order valence-electron chi connectivity index (χ4n) is 3.43. The van der Waals surface area contributed by atoms with Crippen molar-refractivity contribution in [1.29, 1.82) is 0 Å². The van der Waals surface area contributed by atoms with E-state index in [1.54, 1.807) is 12.1 Å². The quantitative estimate of drug-likeness (QED) is 0.183. The molecule has 178 valence electrons. The number of aliphatic carboxylic acids is 1. The Bertz CT molecular complexity index is 694. The van der Waals surface area contributed by atoms with Gasteiger partial charge < -0.3 is 15.5 Å². The van der Waals surface area contributed by atoms with Gasteiger partial charge in [-0.3, -0.25) is 4.79 Å². The molecule has 5 heteroatoms. The summed E-state index contributed by atoms with van der Waals surface area (Å²) in [6.07, 6.45) is 21.9. The predicted molar refractivity (Wildman–Crippen MR) is 131 cm³/mol. The van der Waals surface area contributed by atoms with E-state index in [1.165, 1.54) is 37.8 Å². The second-order valence-corrected chi connectivity index (χ2v) is 8.31. The zero-order chi connectivity index (χ0) is 23.4. The summed E-state index contributed by atoms with van der Waals surface area (Å²) in [6, 6.07) is 5.40. The number of nitrogens with one attached hydrogen (secondary N) is 1. The van der Waals surface area contributed by atoms with Crippen molar-refractivity contribution >= 4 is 11.9 Å². The van der Waals surface area contributed by atoms with E-state index in [4.69, 9.17) is 0 Å². The first-order valence-corrected chi connectivity index (χ1v) is 12.1. The number of allylic oxidation sites excluding steroid dienone is 4. The van der Waals surface area contributed by atoms with Crippen molar-refractivity contribution in [2.45, 2.75) is 96.4 Å². The highest BCUT2D eigenvalue weighted by Crippen LogP contribution is 2.12. The van der Waals surface area contributed by atoms with E-state index in [1.807, 2.05) is 0 Å². The number of aromatic hydroxyl groups is 1. The summed E-state index contributed by atoms with van der Waals surface area (Å²) < 4.78 is 0. The molecule has 0 aliphatic carbocycles. The van der Waals surface area contributed by atoms with Crippen molar-refractivity contribution in [3.05, 3.63) is 54.1 Å². The van der Waals surface area contributed by atoms with Gasteiger partial charge >= 0.3 is 5.97 Å². The second kappa shape index (κ2) is 18.1. The maximum Gasteiger partial charge on any atom is 0.326 e. The molecule has 1 amide bonds. The van der Waals surface area contributed by atoms with Gasteiger partial charge in [0.25, 0.3) is 0 Å². The molecule has 0 radical (unpaired) electrons. The topological polar surface area (TPSA) is 86.6 Å². The first kappa shape index (κ1) is 27.5. The number of carbonyl (C=O) groups is 2. The van der Waals surface area contributed by atoms with Gasteiger partial charge in [-0.2, -0.15) is 0 Å². The molecule has 5 nitrogen and oxygen atoms in total. The third-order valence-corrected chi connectivity index (χ3v) is 5.36. The largest absolute Gasteiger partial charge is 0.508 e. The third-order valence-electron chi connectivity index (χ3n) is 5.36. The molecule has 3 N–H and O–H groups in total. The van der Waals surface area contributed by atoms with Crippen LogP contribution < -0.4 is 5.32 Å². The van der Waals surface area contributed by atoms with Gasteiger partial charge in [0, 0.05) is 12.8 Å². The van der Waals surface area contributed by atoms with Crippen LogP contribution in [0.5, 0.6) is 5.75 Å². The normalized spacial score (nSPS) is 12.4. The molecule has 0 spiro atoms. The number of hydrogen-bond donors (Lipinski definition) is 3. The van der Waals surface area contributed by atoms with E-state index in [9.17, 15) is 19.8 Å². The summed E-state index contributed by atoms with van der Waals surface area (Å²) in [5.74, 6) is -1.14. The number of hydrogen-bond acceptors (Lipinski definition) is 3. The van der Waals surface area contributed by atoms with Gasteiger partial charge in [0.05, 0.1) is 0 Å². The molecule has 0 heterocycles. The van der Waals surface area contributed by atoms with E-state index < -0.39 is 12.0 Å². The van der Waals surface area contributed by atoms with E-state index in [0.29, 0.717) is 6.42 Å². The average molecular weight is 444 g/mol. The Morgan fingerprint density at radius 2 is 1.47 bits per heavy atom.